The molecule has 1 fully saturated rings. The molecule has 1 aliphatic rings. The summed E-state index contributed by atoms with van der Waals surface area (Å²) >= 11 is 6.52. The third-order valence-electron chi connectivity index (χ3n) is 8.10. The number of hydrogen-bond acceptors (Lipinski definition) is 9. The van der Waals surface area contributed by atoms with Gasteiger partial charge in [0.05, 0.1) is 17.7 Å². The van der Waals surface area contributed by atoms with Crippen LogP contribution in [0, 0.1) is 5.82 Å². The highest BCUT2D eigenvalue weighted by molar-refractivity contribution is 6.32. The summed E-state index contributed by atoms with van der Waals surface area (Å²) in [6, 6.07) is 21.6. The maximum atomic E-state index is 15.8. The molecule has 0 aliphatic carbocycles. The summed E-state index contributed by atoms with van der Waals surface area (Å²) in [5, 5.41) is 17.7. The molecule has 2 heterocycles. The second-order valence-corrected chi connectivity index (χ2v) is 11.7. The Kier molecular flexibility index (Phi) is 10.3. The Balaban J connectivity index is 1.09. The van der Waals surface area contributed by atoms with Gasteiger partial charge in [-0.3, -0.25) is 0 Å². The standard InChI is InChI=1S/C35H36ClFN4O5/c36-30-18-26(20-38)33(44-21-23-8-9-31-32(16-23)40-46-39-31)19-34(30)45-22-25-5-2-7-29(35(25)37)24-4-1-6-28(17-24)43-15-3-12-41-13-10-27(42)11-14-41/h1-2,4-9,16-19,27,42H,3,10-15,20-22,38H2. The molecule has 1 aliphatic heterocycles. The van der Waals surface area contributed by atoms with Crippen LogP contribution in [0.25, 0.3) is 22.2 Å². The Bertz CT molecular complexity index is 1780. The fourth-order valence-corrected chi connectivity index (χ4v) is 5.74. The quantitative estimate of drug-likeness (QED) is 0.138. The average molecular weight is 647 g/mol. The Morgan fingerprint density at radius 2 is 1.70 bits per heavy atom. The zero-order chi connectivity index (χ0) is 31.9. The molecule has 5 aromatic rings. The lowest BCUT2D eigenvalue weighted by Gasteiger charge is -2.29. The molecule has 0 saturated carbocycles. The Morgan fingerprint density at radius 3 is 2.54 bits per heavy atom. The van der Waals surface area contributed by atoms with Crippen LogP contribution >= 0.6 is 11.6 Å². The molecule has 0 spiro atoms. The van der Waals surface area contributed by atoms with Gasteiger partial charge in [0.15, 0.2) is 0 Å². The fourth-order valence-electron chi connectivity index (χ4n) is 5.50. The average Bonchev–Trinajstić information content (AvgIpc) is 3.55. The van der Waals surface area contributed by atoms with Gasteiger partial charge >= 0.3 is 0 Å². The number of nitrogens with two attached hydrogens (primary N) is 1. The van der Waals surface area contributed by atoms with E-state index >= 15 is 4.39 Å². The molecule has 0 amide bonds. The van der Waals surface area contributed by atoms with E-state index in [1.807, 2.05) is 42.5 Å². The molecule has 46 heavy (non-hydrogen) atoms. The van der Waals surface area contributed by atoms with Crippen LogP contribution in [0.2, 0.25) is 5.02 Å². The SMILES string of the molecule is NCc1cc(Cl)c(OCc2cccc(-c3cccc(OCCCN4CCC(O)CC4)c3)c2F)cc1OCc1ccc2nonc2c1. The van der Waals surface area contributed by atoms with Gasteiger partial charge in [-0.15, -0.1) is 0 Å². The normalized spacial score (nSPS) is 14.1. The first-order valence-electron chi connectivity index (χ1n) is 15.4. The fraction of sp³-hybridized carbons (Fsp3) is 0.314. The first-order valence-corrected chi connectivity index (χ1v) is 15.7. The molecule has 6 rings (SSSR count). The van der Waals surface area contributed by atoms with Gasteiger partial charge in [-0.1, -0.05) is 48.0 Å². The summed E-state index contributed by atoms with van der Waals surface area (Å²) in [7, 11) is 0. The summed E-state index contributed by atoms with van der Waals surface area (Å²) in [4.78, 5) is 2.35. The largest absolute Gasteiger partial charge is 0.494 e. The van der Waals surface area contributed by atoms with E-state index in [0.29, 0.717) is 62.2 Å². The van der Waals surface area contributed by atoms with Gasteiger partial charge in [0.25, 0.3) is 0 Å². The van der Waals surface area contributed by atoms with Crippen molar-refractivity contribution in [2.75, 3.05) is 26.2 Å². The summed E-state index contributed by atoms with van der Waals surface area (Å²) < 4.78 is 38.6. The third-order valence-corrected chi connectivity index (χ3v) is 8.39. The summed E-state index contributed by atoms with van der Waals surface area (Å²) in [6.07, 6.45) is 2.35. The molecule has 1 saturated heterocycles. The topological polar surface area (TPSA) is 116 Å². The molecule has 0 radical (unpaired) electrons. The molecule has 0 bridgehead atoms. The third kappa shape index (κ3) is 7.76. The van der Waals surface area contributed by atoms with Crippen molar-refractivity contribution >= 4 is 22.6 Å². The summed E-state index contributed by atoms with van der Waals surface area (Å²) in [6.45, 7) is 3.73. The van der Waals surface area contributed by atoms with Crippen LogP contribution in [0.3, 0.4) is 0 Å². The van der Waals surface area contributed by atoms with Gasteiger partial charge in [-0.05, 0) is 71.0 Å². The van der Waals surface area contributed by atoms with E-state index in [1.165, 1.54) is 0 Å². The predicted molar refractivity (Wildman–Crippen MR) is 173 cm³/mol. The van der Waals surface area contributed by atoms with Gasteiger partial charge in [-0.2, -0.15) is 0 Å². The van der Waals surface area contributed by atoms with E-state index in [1.54, 1.807) is 30.3 Å². The molecule has 11 heteroatoms. The van der Waals surface area contributed by atoms with E-state index < -0.39 is 0 Å². The van der Waals surface area contributed by atoms with Crippen molar-refractivity contribution in [1.29, 1.82) is 0 Å². The molecule has 0 atom stereocenters. The zero-order valence-corrected chi connectivity index (χ0v) is 26.1. The van der Waals surface area contributed by atoms with Crippen molar-refractivity contribution < 1.29 is 28.3 Å². The Hall–Kier alpha value is -4.22. The molecule has 4 aromatic carbocycles. The van der Waals surface area contributed by atoms with Crippen LogP contribution in [0.5, 0.6) is 17.2 Å². The van der Waals surface area contributed by atoms with Gasteiger partial charge < -0.3 is 30.0 Å². The van der Waals surface area contributed by atoms with Crippen molar-refractivity contribution in [3.63, 3.8) is 0 Å². The van der Waals surface area contributed by atoms with Crippen LogP contribution in [0.4, 0.5) is 4.39 Å². The van der Waals surface area contributed by atoms with E-state index in [2.05, 4.69) is 15.2 Å². The van der Waals surface area contributed by atoms with Gasteiger partial charge in [-0.25, -0.2) is 9.02 Å². The first-order chi connectivity index (χ1) is 22.5. The zero-order valence-electron chi connectivity index (χ0n) is 25.3. The number of piperidine rings is 1. The minimum Gasteiger partial charge on any atom is -0.494 e. The van der Waals surface area contributed by atoms with Gasteiger partial charge in [0, 0.05) is 48.9 Å². The molecule has 1 aromatic heterocycles. The Morgan fingerprint density at radius 1 is 0.891 bits per heavy atom. The number of halogens is 2. The molecule has 3 N–H and O–H groups in total. The number of aliphatic hydroxyl groups excluding tert-OH is 1. The maximum Gasteiger partial charge on any atom is 0.142 e. The monoisotopic (exact) mass is 646 g/mol. The van der Waals surface area contributed by atoms with Crippen molar-refractivity contribution in [1.82, 2.24) is 15.2 Å². The lowest BCUT2D eigenvalue weighted by atomic mass is 10.0. The number of benzene rings is 4. The van der Waals surface area contributed by atoms with E-state index in [0.717, 1.165) is 44.5 Å². The van der Waals surface area contributed by atoms with Gasteiger partial charge in [0.2, 0.25) is 0 Å². The van der Waals surface area contributed by atoms with Gasteiger partial charge in [0.1, 0.15) is 47.3 Å². The number of fused-ring (bicyclic) bond motifs is 1. The van der Waals surface area contributed by atoms with Crippen molar-refractivity contribution in [3.05, 3.63) is 100 Å². The van der Waals surface area contributed by atoms with E-state index in [-0.39, 0.29) is 31.7 Å². The minimum atomic E-state index is -0.379. The van der Waals surface area contributed by atoms with Crippen molar-refractivity contribution in [2.45, 2.75) is 45.1 Å². The molecular weight excluding hydrogens is 611 g/mol. The number of nitrogens with zero attached hydrogens (tertiary/aromatic N) is 3. The van der Waals surface area contributed by atoms with Crippen LogP contribution in [-0.4, -0.2) is 52.7 Å². The molecule has 240 valence electrons. The first kappa shape index (κ1) is 31.7. The number of aliphatic hydroxyl groups is 1. The smallest absolute Gasteiger partial charge is 0.142 e. The van der Waals surface area contributed by atoms with E-state index in [4.69, 9.17) is 36.2 Å². The predicted octanol–water partition coefficient (Wildman–Crippen LogP) is 6.52. The number of likely N-dealkylation sites (tertiary alicyclic amines) is 1. The lowest BCUT2D eigenvalue weighted by Crippen LogP contribution is -2.36. The summed E-state index contributed by atoms with van der Waals surface area (Å²) in [5.41, 5.74) is 10.4. The molecule has 0 unspecified atom stereocenters. The second kappa shape index (κ2) is 14.9. The van der Waals surface area contributed by atoms with Crippen LogP contribution in [-0.2, 0) is 19.8 Å². The lowest BCUT2D eigenvalue weighted by molar-refractivity contribution is 0.0800. The number of ether oxygens (including phenoxy) is 3. The van der Waals surface area contributed by atoms with Crippen LogP contribution in [0.1, 0.15) is 36.0 Å². The maximum absolute atomic E-state index is 15.8. The van der Waals surface area contributed by atoms with E-state index in [9.17, 15) is 5.11 Å². The number of aromatic nitrogens is 2. The van der Waals surface area contributed by atoms with Crippen LogP contribution < -0.4 is 19.9 Å². The molecular formula is C35H36ClFN4O5. The molecule has 9 nitrogen and oxygen atoms in total. The number of rotatable bonds is 13. The Labute approximate surface area is 271 Å². The van der Waals surface area contributed by atoms with Crippen molar-refractivity contribution in [2.24, 2.45) is 5.73 Å². The highest BCUT2D eigenvalue weighted by atomic mass is 35.5. The minimum absolute atomic E-state index is 0.0413. The van der Waals surface area contributed by atoms with Crippen molar-refractivity contribution in [3.8, 4) is 28.4 Å². The highest BCUT2D eigenvalue weighted by Crippen LogP contribution is 2.35. The number of hydrogen-bond donors (Lipinski definition) is 2. The summed E-state index contributed by atoms with van der Waals surface area (Å²) in [5.74, 6) is 1.17. The van der Waals surface area contributed by atoms with Crippen LogP contribution in [0.15, 0.2) is 77.4 Å². The highest BCUT2D eigenvalue weighted by Gasteiger charge is 2.17. The second-order valence-electron chi connectivity index (χ2n) is 11.3.